The maximum atomic E-state index is 12.5. The van der Waals surface area contributed by atoms with Gasteiger partial charge in [-0.25, -0.2) is 8.42 Å². The zero-order valence-corrected chi connectivity index (χ0v) is 12.5. The van der Waals surface area contributed by atoms with E-state index in [1.54, 1.807) is 12.1 Å². The Morgan fingerprint density at radius 1 is 1.33 bits per heavy atom. The molecule has 6 nitrogen and oxygen atoms in total. The van der Waals surface area contributed by atoms with Gasteiger partial charge in [0.15, 0.2) is 9.84 Å². The standard InChI is InChI=1S/C14H17NO5S/c1-2-21(19,20)12-6-4-3-5-11(12)13(16)15-8-7-10(9-15)14(17)18/h3-6,10H,2,7-9H2,1H3,(H,17,18). The Bertz CT molecular complexity index is 668. The largest absolute Gasteiger partial charge is 0.481 e. The second-order valence-electron chi connectivity index (χ2n) is 4.97. The molecule has 1 aliphatic heterocycles. The Hall–Kier alpha value is -1.89. The number of carboxylic acid groups (broad SMARTS) is 1. The predicted octanol–water partition coefficient (Wildman–Crippen LogP) is 1.03. The lowest BCUT2D eigenvalue weighted by atomic mass is 10.1. The van der Waals surface area contributed by atoms with Crippen LogP contribution < -0.4 is 0 Å². The number of aliphatic carboxylic acids is 1. The molecule has 2 rings (SSSR count). The molecular weight excluding hydrogens is 294 g/mol. The molecule has 0 aromatic heterocycles. The van der Waals surface area contributed by atoms with E-state index in [4.69, 9.17) is 5.11 Å². The summed E-state index contributed by atoms with van der Waals surface area (Å²) in [6.45, 7) is 1.97. The molecule has 1 atom stereocenters. The number of carboxylic acids is 1. The highest BCUT2D eigenvalue weighted by atomic mass is 32.2. The summed E-state index contributed by atoms with van der Waals surface area (Å²) in [5.74, 6) is -2.02. The molecule has 1 amide bonds. The van der Waals surface area contributed by atoms with Gasteiger partial charge >= 0.3 is 5.97 Å². The average Bonchev–Trinajstić information content (AvgIpc) is 2.96. The van der Waals surface area contributed by atoms with Crippen LogP contribution in [0.15, 0.2) is 29.2 Å². The summed E-state index contributed by atoms with van der Waals surface area (Å²) >= 11 is 0. The minimum atomic E-state index is -3.50. The molecule has 0 radical (unpaired) electrons. The summed E-state index contributed by atoms with van der Waals surface area (Å²) < 4.78 is 24.1. The van der Waals surface area contributed by atoms with Gasteiger partial charge in [0.2, 0.25) is 0 Å². The molecule has 0 spiro atoms. The molecule has 1 saturated heterocycles. The van der Waals surface area contributed by atoms with Crippen LogP contribution in [0.5, 0.6) is 0 Å². The van der Waals surface area contributed by atoms with Crippen molar-refractivity contribution < 1.29 is 23.1 Å². The maximum absolute atomic E-state index is 12.5. The Balaban J connectivity index is 2.31. The summed E-state index contributed by atoms with van der Waals surface area (Å²) in [4.78, 5) is 24.8. The lowest BCUT2D eigenvalue weighted by molar-refractivity contribution is -0.141. The van der Waals surface area contributed by atoms with Gasteiger partial charge in [0.05, 0.1) is 22.1 Å². The molecule has 21 heavy (non-hydrogen) atoms. The molecule has 7 heteroatoms. The molecule has 1 aromatic carbocycles. The Morgan fingerprint density at radius 3 is 2.57 bits per heavy atom. The lowest BCUT2D eigenvalue weighted by Crippen LogP contribution is -2.31. The monoisotopic (exact) mass is 311 g/mol. The first-order valence-electron chi connectivity index (χ1n) is 6.70. The number of hydrogen-bond donors (Lipinski definition) is 1. The van der Waals surface area contributed by atoms with Crippen molar-refractivity contribution in [1.29, 1.82) is 0 Å². The van der Waals surface area contributed by atoms with E-state index >= 15 is 0 Å². The van der Waals surface area contributed by atoms with Gasteiger partial charge in [-0.2, -0.15) is 0 Å². The summed E-state index contributed by atoms with van der Waals surface area (Å²) in [6, 6.07) is 6.06. The Kier molecular flexibility index (Phi) is 4.32. The third-order valence-corrected chi connectivity index (χ3v) is 5.44. The van der Waals surface area contributed by atoms with Gasteiger partial charge < -0.3 is 10.0 Å². The molecular formula is C14H17NO5S. The van der Waals surface area contributed by atoms with E-state index in [0.29, 0.717) is 13.0 Å². The quantitative estimate of drug-likeness (QED) is 0.896. The molecule has 0 bridgehead atoms. The van der Waals surface area contributed by atoms with Crippen LogP contribution in [-0.4, -0.2) is 49.1 Å². The SMILES string of the molecule is CCS(=O)(=O)c1ccccc1C(=O)N1CCC(C(=O)O)C1. The molecule has 1 aromatic rings. The Labute approximate surface area is 123 Å². The number of carbonyl (C=O) groups is 2. The summed E-state index contributed by atoms with van der Waals surface area (Å²) in [7, 11) is -3.50. The first-order chi connectivity index (χ1) is 9.86. The van der Waals surface area contributed by atoms with Gasteiger partial charge in [-0.3, -0.25) is 9.59 Å². The van der Waals surface area contributed by atoms with E-state index in [2.05, 4.69) is 0 Å². The first kappa shape index (κ1) is 15.5. The van der Waals surface area contributed by atoms with Crippen LogP contribution in [0.2, 0.25) is 0 Å². The highest BCUT2D eigenvalue weighted by Crippen LogP contribution is 2.23. The number of rotatable bonds is 4. The van der Waals surface area contributed by atoms with Gasteiger partial charge in [-0.05, 0) is 18.6 Å². The number of likely N-dealkylation sites (tertiary alicyclic amines) is 1. The summed E-state index contributed by atoms with van der Waals surface area (Å²) in [5.41, 5.74) is 0.116. The van der Waals surface area contributed by atoms with E-state index in [9.17, 15) is 18.0 Å². The maximum Gasteiger partial charge on any atom is 0.308 e. The fourth-order valence-electron chi connectivity index (χ4n) is 2.39. The first-order valence-corrected chi connectivity index (χ1v) is 8.36. The third-order valence-electron chi connectivity index (χ3n) is 3.66. The van der Waals surface area contributed by atoms with Crippen molar-refractivity contribution in [3.05, 3.63) is 29.8 Å². The second-order valence-corrected chi connectivity index (χ2v) is 7.22. The van der Waals surface area contributed by atoms with E-state index < -0.39 is 27.6 Å². The van der Waals surface area contributed by atoms with Crippen LogP contribution >= 0.6 is 0 Å². The van der Waals surface area contributed by atoms with Gasteiger partial charge in [0.25, 0.3) is 5.91 Å². The fraction of sp³-hybridized carbons (Fsp3) is 0.429. The van der Waals surface area contributed by atoms with Gasteiger partial charge in [-0.1, -0.05) is 19.1 Å². The highest BCUT2D eigenvalue weighted by Gasteiger charge is 2.33. The lowest BCUT2D eigenvalue weighted by Gasteiger charge is -2.17. The normalized spacial score (nSPS) is 18.7. The number of nitrogens with zero attached hydrogens (tertiary/aromatic N) is 1. The van der Waals surface area contributed by atoms with E-state index in [1.165, 1.54) is 24.0 Å². The molecule has 0 aliphatic carbocycles. The van der Waals surface area contributed by atoms with Gasteiger partial charge in [-0.15, -0.1) is 0 Å². The van der Waals surface area contributed by atoms with Crippen molar-refractivity contribution >= 4 is 21.7 Å². The number of benzene rings is 1. The average molecular weight is 311 g/mol. The second kappa shape index (κ2) is 5.85. The predicted molar refractivity (Wildman–Crippen MR) is 75.8 cm³/mol. The molecule has 0 saturated carbocycles. The van der Waals surface area contributed by atoms with E-state index in [0.717, 1.165) is 0 Å². The fourth-order valence-corrected chi connectivity index (χ4v) is 3.47. The molecule has 1 fully saturated rings. The molecule has 1 unspecified atom stereocenters. The molecule has 1 heterocycles. The number of hydrogen-bond acceptors (Lipinski definition) is 4. The van der Waals surface area contributed by atoms with E-state index in [1.807, 2.05) is 0 Å². The summed E-state index contributed by atoms with van der Waals surface area (Å²) in [5, 5.41) is 8.97. The van der Waals surface area contributed by atoms with Crippen LogP contribution in [0.25, 0.3) is 0 Å². The smallest absolute Gasteiger partial charge is 0.308 e. The zero-order valence-electron chi connectivity index (χ0n) is 11.7. The zero-order chi connectivity index (χ0) is 15.6. The molecule has 114 valence electrons. The van der Waals surface area contributed by atoms with Crippen molar-refractivity contribution in [2.75, 3.05) is 18.8 Å². The summed E-state index contributed by atoms with van der Waals surface area (Å²) in [6.07, 6.45) is 0.393. The van der Waals surface area contributed by atoms with Crippen molar-refractivity contribution in [2.45, 2.75) is 18.2 Å². The highest BCUT2D eigenvalue weighted by molar-refractivity contribution is 7.91. The van der Waals surface area contributed by atoms with Crippen LogP contribution in [0.4, 0.5) is 0 Å². The molecule has 1 N–H and O–H groups in total. The third kappa shape index (κ3) is 3.07. The van der Waals surface area contributed by atoms with Crippen LogP contribution in [0, 0.1) is 5.92 Å². The van der Waals surface area contributed by atoms with Crippen molar-refractivity contribution in [1.82, 2.24) is 4.90 Å². The number of sulfone groups is 1. The van der Waals surface area contributed by atoms with Gasteiger partial charge in [0.1, 0.15) is 0 Å². The Morgan fingerprint density at radius 2 is 2.00 bits per heavy atom. The van der Waals surface area contributed by atoms with Crippen LogP contribution in [0.1, 0.15) is 23.7 Å². The van der Waals surface area contributed by atoms with Gasteiger partial charge in [0, 0.05) is 13.1 Å². The van der Waals surface area contributed by atoms with Crippen molar-refractivity contribution in [3.8, 4) is 0 Å². The number of amides is 1. The van der Waals surface area contributed by atoms with E-state index in [-0.39, 0.29) is 22.8 Å². The van der Waals surface area contributed by atoms with Crippen molar-refractivity contribution in [2.24, 2.45) is 5.92 Å². The minimum absolute atomic E-state index is 0.0104. The van der Waals surface area contributed by atoms with Crippen molar-refractivity contribution in [3.63, 3.8) is 0 Å². The topological polar surface area (TPSA) is 91.8 Å². The minimum Gasteiger partial charge on any atom is -0.481 e. The number of carbonyl (C=O) groups excluding carboxylic acids is 1. The van der Waals surface area contributed by atoms with Crippen LogP contribution in [0.3, 0.4) is 0 Å². The molecule has 1 aliphatic rings. The van der Waals surface area contributed by atoms with Crippen LogP contribution in [-0.2, 0) is 14.6 Å².